The molecule has 0 aromatic carbocycles. The van der Waals surface area contributed by atoms with E-state index in [-0.39, 0.29) is 7.33 Å². The molecule has 18 heavy (non-hydrogen) atoms. The van der Waals surface area contributed by atoms with Crippen molar-refractivity contribution in [2.45, 2.75) is 32.4 Å². The molecule has 0 bridgehead atoms. The highest BCUT2D eigenvalue weighted by Crippen LogP contribution is 2.15. The Labute approximate surface area is 116 Å². The maximum Gasteiger partial charge on any atom is 0.251 e. The highest BCUT2D eigenvalue weighted by molar-refractivity contribution is 7.99. The second-order valence-electron chi connectivity index (χ2n) is 4.41. The van der Waals surface area contributed by atoms with Gasteiger partial charge in [0.05, 0.1) is 0 Å². The van der Waals surface area contributed by atoms with Crippen molar-refractivity contribution in [1.82, 2.24) is 5.32 Å². The molecule has 1 amide bonds. The number of rotatable bonds is 8. The Hall–Kier alpha value is -1.03. The highest BCUT2D eigenvalue weighted by Gasteiger charge is 2.04. The Bertz CT molecular complexity index is 327. The van der Waals surface area contributed by atoms with E-state index in [0.717, 1.165) is 18.4 Å². The lowest BCUT2D eigenvalue weighted by atomic mass is 10.1. The second-order valence-corrected chi connectivity index (χ2v) is 6.10. The summed E-state index contributed by atoms with van der Waals surface area (Å²) in [4.78, 5) is 11.5. The zero-order valence-corrected chi connectivity index (χ0v) is 12.5. The topological polar surface area (TPSA) is 53.0 Å². The molecule has 0 aromatic rings. The fourth-order valence-electron chi connectivity index (χ4n) is 1.29. The zero-order chi connectivity index (χ0) is 14.0. The van der Waals surface area contributed by atoms with E-state index in [1.807, 2.05) is 17.8 Å². The van der Waals surface area contributed by atoms with Crippen LogP contribution >= 0.6 is 11.8 Å². The van der Waals surface area contributed by atoms with Gasteiger partial charge >= 0.3 is 0 Å². The minimum absolute atomic E-state index is 0. The first kappa shape index (κ1) is 17.0. The van der Waals surface area contributed by atoms with Crippen LogP contribution in [0.2, 0.25) is 0 Å². The molecule has 0 rings (SSSR count). The Morgan fingerprint density at radius 3 is 2.61 bits per heavy atom. The molecule has 0 aliphatic carbocycles. The van der Waals surface area contributed by atoms with Gasteiger partial charge in [-0.05, 0) is 29.4 Å². The van der Waals surface area contributed by atoms with Gasteiger partial charge in [-0.15, -0.1) is 0 Å². The third kappa shape index (κ3) is 8.12. The minimum atomic E-state index is -0.154. The smallest absolute Gasteiger partial charge is 0.251 e. The van der Waals surface area contributed by atoms with Crippen molar-refractivity contribution < 1.29 is 6.22 Å². The molecule has 0 saturated heterocycles. The molecule has 1 atom stereocenters. The van der Waals surface area contributed by atoms with Crippen molar-refractivity contribution in [2.24, 2.45) is 5.92 Å². The molecule has 0 fully saturated rings. The molecule has 0 spiro atoms. The lowest BCUT2D eigenvalue weighted by molar-refractivity contribution is -0.116. The number of likely N-dealkylation sites (N-methyl/N-ethyl adjacent to an activating group) is 1. The van der Waals surface area contributed by atoms with E-state index in [9.17, 15) is 4.79 Å². The van der Waals surface area contributed by atoms with Crippen molar-refractivity contribution in [3.63, 3.8) is 0 Å². The molecular formula is C14H26N2OS. The molecule has 0 aliphatic heterocycles. The van der Waals surface area contributed by atoms with E-state index in [1.54, 1.807) is 13.1 Å². The van der Waals surface area contributed by atoms with Crippen LogP contribution in [0.25, 0.3) is 0 Å². The average Bonchev–Trinajstić information content (AvgIpc) is 2.33. The molecule has 1 unspecified atom stereocenters. The van der Waals surface area contributed by atoms with Gasteiger partial charge in [0.25, 0.3) is 5.91 Å². The number of allylic oxidation sites excluding steroid dienone is 2. The lowest BCUT2D eigenvalue weighted by Gasteiger charge is -2.08. The van der Waals surface area contributed by atoms with Crippen molar-refractivity contribution >= 4 is 23.9 Å². The minimum Gasteiger partial charge on any atom is -0.355 e. The largest absolute Gasteiger partial charge is 0.355 e. The highest BCUT2D eigenvalue weighted by atomic mass is 32.2. The Morgan fingerprint density at radius 1 is 1.44 bits per heavy atom. The van der Waals surface area contributed by atoms with E-state index in [1.165, 1.54) is 6.08 Å². The van der Waals surface area contributed by atoms with E-state index < -0.39 is 0 Å². The van der Waals surface area contributed by atoms with Gasteiger partial charge < -0.3 is 10.7 Å². The molecule has 4 heteroatoms. The van der Waals surface area contributed by atoms with Crippen molar-refractivity contribution in [1.29, 1.82) is 5.41 Å². The number of carbonyl (C=O) groups excluding carboxylic acids is 1. The number of carbonyl (C=O) groups is 1. The van der Waals surface area contributed by atoms with Gasteiger partial charge in [-0.1, -0.05) is 32.9 Å². The molecule has 104 valence electrons. The summed E-state index contributed by atoms with van der Waals surface area (Å²) in [6, 6.07) is 0. The van der Waals surface area contributed by atoms with Gasteiger partial charge in [0.1, 0.15) is 0 Å². The fourth-order valence-corrected chi connectivity index (χ4v) is 2.27. The molecule has 2 N–H and O–H groups in total. The number of nitrogens with one attached hydrogen (secondary N) is 2. The first-order valence-electron chi connectivity index (χ1n) is 6.23. The van der Waals surface area contributed by atoms with E-state index in [2.05, 4.69) is 26.1 Å². The lowest BCUT2D eigenvalue weighted by Crippen LogP contribution is -2.19. The normalized spacial score (nSPS) is 13.9. The van der Waals surface area contributed by atoms with E-state index >= 15 is 0 Å². The third-order valence-electron chi connectivity index (χ3n) is 2.38. The number of amides is 1. The van der Waals surface area contributed by atoms with Crippen LogP contribution in [0.4, 0.5) is 0 Å². The zero-order valence-electron chi connectivity index (χ0n) is 11.7. The van der Waals surface area contributed by atoms with Crippen LogP contribution < -0.4 is 5.32 Å². The van der Waals surface area contributed by atoms with Crippen molar-refractivity contribution in [2.75, 3.05) is 12.8 Å². The van der Waals surface area contributed by atoms with Gasteiger partial charge in [0, 0.05) is 20.3 Å². The third-order valence-corrected chi connectivity index (χ3v) is 3.52. The SMILES string of the molecule is CNC(=O)C(/C=C\C(C)CCSC(C)C)=C/C=N.[HH]. The summed E-state index contributed by atoms with van der Waals surface area (Å²) in [5.74, 6) is 1.42. The van der Waals surface area contributed by atoms with Crippen LogP contribution in [0.5, 0.6) is 0 Å². The summed E-state index contributed by atoms with van der Waals surface area (Å²) < 4.78 is 0. The van der Waals surface area contributed by atoms with Crippen LogP contribution in [-0.2, 0) is 4.79 Å². The van der Waals surface area contributed by atoms with Crippen LogP contribution in [0, 0.1) is 11.3 Å². The number of hydrogen-bond acceptors (Lipinski definition) is 3. The Morgan fingerprint density at radius 2 is 2.11 bits per heavy atom. The molecule has 0 aliphatic rings. The van der Waals surface area contributed by atoms with Crippen LogP contribution in [0.1, 0.15) is 28.6 Å². The number of thioether (sulfide) groups is 1. The molecule has 0 saturated carbocycles. The average molecular weight is 270 g/mol. The maximum atomic E-state index is 11.5. The monoisotopic (exact) mass is 270 g/mol. The molecular weight excluding hydrogens is 244 g/mol. The predicted molar refractivity (Wildman–Crippen MR) is 83.6 cm³/mol. The van der Waals surface area contributed by atoms with E-state index in [0.29, 0.717) is 16.7 Å². The van der Waals surface area contributed by atoms with Crippen LogP contribution in [0.3, 0.4) is 0 Å². The number of hydrogen-bond donors (Lipinski definition) is 2. The predicted octanol–water partition coefficient (Wildman–Crippen LogP) is 3.28. The second kappa shape index (κ2) is 9.95. The quantitative estimate of drug-likeness (QED) is 0.404. The van der Waals surface area contributed by atoms with Gasteiger partial charge in [-0.2, -0.15) is 11.8 Å². The van der Waals surface area contributed by atoms with E-state index in [4.69, 9.17) is 5.41 Å². The fraction of sp³-hybridized carbons (Fsp3) is 0.571. The standard InChI is InChI=1S/C14H24N2OS.H2/c1-11(2)18-10-8-12(3)5-6-13(7-9-15)14(17)16-4;/h5-7,9,11-12,15H,8,10H2,1-4H3,(H,16,17);1H/b6-5-,13-7+,15-9?;. The molecule has 0 heterocycles. The van der Waals surface area contributed by atoms with Crippen LogP contribution in [0.15, 0.2) is 23.8 Å². The summed E-state index contributed by atoms with van der Waals surface area (Å²) in [5, 5.41) is 10.3. The first-order chi connectivity index (χ1) is 8.51. The summed E-state index contributed by atoms with van der Waals surface area (Å²) in [6.07, 6.45) is 7.57. The summed E-state index contributed by atoms with van der Waals surface area (Å²) >= 11 is 1.95. The van der Waals surface area contributed by atoms with Crippen LogP contribution in [-0.4, -0.2) is 30.2 Å². The van der Waals surface area contributed by atoms with Crippen molar-refractivity contribution in [3.8, 4) is 0 Å². The van der Waals surface area contributed by atoms with Gasteiger partial charge in [-0.3, -0.25) is 4.79 Å². The summed E-state index contributed by atoms with van der Waals surface area (Å²) in [7, 11) is 1.59. The maximum absolute atomic E-state index is 11.5. The Kier molecular flexibility index (Phi) is 9.38. The first-order valence-corrected chi connectivity index (χ1v) is 7.28. The van der Waals surface area contributed by atoms with Gasteiger partial charge in [-0.25, -0.2) is 0 Å². The molecule has 3 nitrogen and oxygen atoms in total. The van der Waals surface area contributed by atoms with Gasteiger partial charge in [0.15, 0.2) is 0 Å². The van der Waals surface area contributed by atoms with Gasteiger partial charge in [0.2, 0.25) is 0 Å². The van der Waals surface area contributed by atoms with Crippen molar-refractivity contribution in [3.05, 3.63) is 23.8 Å². The molecule has 0 aromatic heterocycles. The summed E-state index contributed by atoms with van der Waals surface area (Å²) in [6.45, 7) is 6.53. The Balaban J connectivity index is 0. The summed E-state index contributed by atoms with van der Waals surface area (Å²) in [5.41, 5.74) is 0.524. The molecule has 0 radical (unpaired) electrons.